The summed E-state index contributed by atoms with van der Waals surface area (Å²) >= 11 is 0. The third kappa shape index (κ3) is 6.14. The number of anilines is 4. The zero-order chi connectivity index (χ0) is 38.1. The lowest BCUT2D eigenvalue weighted by molar-refractivity contribution is 0.426. The summed E-state index contributed by atoms with van der Waals surface area (Å²) < 4.78 is 6.40. The Bertz CT molecular complexity index is 2630. The van der Waals surface area contributed by atoms with E-state index in [1.807, 2.05) is 25.1 Å². The van der Waals surface area contributed by atoms with E-state index in [9.17, 15) is 0 Å². The average Bonchev–Trinajstić information content (AvgIpc) is 3.54. The summed E-state index contributed by atoms with van der Waals surface area (Å²) in [6, 6.07) is 71.6. The SMILES string of the molecule is C=C(C)Oc1cc(N(c2ccc(-c3ccccc3)cc2)c2ccc3c(c2)C(c2ccccc2)(c2ccccc2)c2ccccc2-3)ccc1Cc1ccccc1N. The monoisotopic (exact) mass is 722 g/mol. The van der Waals surface area contributed by atoms with Gasteiger partial charge < -0.3 is 15.4 Å². The van der Waals surface area contributed by atoms with Gasteiger partial charge in [-0.25, -0.2) is 0 Å². The van der Waals surface area contributed by atoms with Crippen molar-refractivity contribution in [1.29, 1.82) is 0 Å². The molecule has 0 saturated carbocycles. The topological polar surface area (TPSA) is 38.5 Å². The van der Waals surface area contributed by atoms with Crippen molar-refractivity contribution in [2.45, 2.75) is 18.8 Å². The molecule has 0 aliphatic heterocycles. The zero-order valence-electron chi connectivity index (χ0n) is 31.4. The number of nitrogens with zero attached hydrogens (tertiary/aromatic N) is 1. The molecule has 0 heterocycles. The second-order valence-electron chi connectivity index (χ2n) is 14.5. The smallest absolute Gasteiger partial charge is 0.132 e. The number of hydrogen-bond donors (Lipinski definition) is 1. The minimum atomic E-state index is -0.527. The van der Waals surface area contributed by atoms with Gasteiger partial charge in [-0.15, -0.1) is 0 Å². The number of fused-ring (bicyclic) bond motifs is 3. The predicted octanol–water partition coefficient (Wildman–Crippen LogP) is 13.3. The van der Waals surface area contributed by atoms with Crippen molar-refractivity contribution >= 4 is 22.7 Å². The maximum absolute atomic E-state index is 6.42. The van der Waals surface area contributed by atoms with Gasteiger partial charge in [-0.1, -0.05) is 164 Å². The lowest BCUT2D eigenvalue weighted by Crippen LogP contribution is -2.28. The van der Waals surface area contributed by atoms with Crippen molar-refractivity contribution in [3.05, 3.63) is 246 Å². The van der Waals surface area contributed by atoms with Gasteiger partial charge in [0.2, 0.25) is 0 Å². The molecule has 8 aromatic rings. The number of benzene rings is 8. The molecule has 3 nitrogen and oxygen atoms in total. The third-order valence-electron chi connectivity index (χ3n) is 11.0. The van der Waals surface area contributed by atoms with Gasteiger partial charge >= 0.3 is 0 Å². The van der Waals surface area contributed by atoms with E-state index < -0.39 is 5.41 Å². The number of nitrogen functional groups attached to an aromatic ring is 1. The van der Waals surface area contributed by atoms with Gasteiger partial charge in [-0.05, 0) is 99.0 Å². The predicted molar refractivity (Wildman–Crippen MR) is 233 cm³/mol. The highest BCUT2D eigenvalue weighted by Crippen LogP contribution is 2.57. The van der Waals surface area contributed by atoms with Crippen LogP contribution in [0.2, 0.25) is 0 Å². The molecule has 1 aliphatic carbocycles. The molecule has 3 heteroatoms. The van der Waals surface area contributed by atoms with Crippen molar-refractivity contribution in [2.24, 2.45) is 0 Å². The highest BCUT2D eigenvalue weighted by Gasteiger charge is 2.46. The van der Waals surface area contributed by atoms with E-state index in [1.165, 1.54) is 38.9 Å². The first-order valence-corrected chi connectivity index (χ1v) is 19.1. The number of hydrogen-bond acceptors (Lipinski definition) is 3. The standard InChI is InChI=1S/C53H42N2O/c1-37(2)56-52-36-46(31-28-41(52)34-40-18-12-15-25-51(40)54)55(44-29-26-39(27-30-44)38-16-6-3-7-17-38)45-32-33-48-47-23-13-14-24-49(47)53(50(48)35-45,42-19-8-4-9-20-42)43-21-10-5-11-22-43/h3-33,35-36H,1,34,54H2,2H3. The van der Waals surface area contributed by atoms with Crippen LogP contribution in [-0.4, -0.2) is 0 Å². The summed E-state index contributed by atoms with van der Waals surface area (Å²) in [6.45, 7) is 6.00. The van der Waals surface area contributed by atoms with Crippen LogP contribution < -0.4 is 15.4 Å². The summed E-state index contributed by atoms with van der Waals surface area (Å²) in [4.78, 5) is 2.34. The highest BCUT2D eigenvalue weighted by atomic mass is 16.5. The first kappa shape index (κ1) is 34.7. The number of allylic oxidation sites excluding steroid dienone is 1. The molecule has 0 aromatic heterocycles. The van der Waals surface area contributed by atoms with E-state index in [0.717, 1.165) is 45.2 Å². The maximum Gasteiger partial charge on any atom is 0.132 e. The summed E-state index contributed by atoms with van der Waals surface area (Å²) in [6.07, 6.45) is 0.634. The van der Waals surface area contributed by atoms with Crippen molar-refractivity contribution in [2.75, 3.05) is 10.6 Å². The van der Waals surface area contributed by atoms with Crippen LogP contribution in [0.1, 0.15) is 40.3 Å². The summed E-state index contributed by atoms with van der Waals surface area (Å²) in [5, 5.41) is 0. The molecule has 0 fully saturated rings. The number of para-hydroxylation sites is 1. The van der Waals surface area contributed by atoms with Gasteiger partial charge in [0.05, 0.1) is 11.2 Å². The Kier molecular flexibility index (Phi) is 9.05. The Morgan fingerprint density at radius 1 is 0.518 bits per heavy atom. The van der Waals surface area contributed by atoms with Crippen LogP contribution in [-0.2, 0) is 11.8 Å². The Hall–Kier alpha value is -7.10. The first-order valence-electron chi connectivity index (χ1n) is 19.1. The number of rotatable bonds is 10. The van der Waals surface area contributed by atoms with Crippen molar-refractivity contribution in [3.63, 3.8) is 0 Å². The maximum atomic E-state index is 6.42. The Morgan fingerprint density at radius 3 is 1.73 bits per heavy atom. The number of ether oxygens (including phenoxy) is 1. The van der Waals surface area contributed by atoms with Gasteiger partial charge in [0.25, 0.3) is 0 Å². The summed E-state index contributed by atoms with van der Waals surface area (Å²) in [5.74, 6) is 1.37. The minimum absolute atomic E-state index is 0.527. The fourth-order valence-electron chi connectivity index (χ4n) is 8.46. The summed E-state index contributed by atoms with van der Waals surface area (Å²) in [5.41, 5.74) is 21.6. The molecule has 0 unspecified atom stereocenters. The van der Waals surface area contributed by atoms with Gasteiger partial charge in [0.1, 0.15) is 5.75 Å². The van der Waals surface area contributed by atoms with Crippen LogP contribution >= 0.6 is 0 Å². The van der Waals surface area contributed by atoms with E-state index >= 15 is 0 Å². The molecule has 2 N–H and O–H groups in total. The third-order valence-corrected chi connectivity index (χ3v) is 11.0. The van der Waals surface area contributed by atoms with Crippen LogP contribution in [0.4, 0.5) is 22.7 Å². The van der Waals surface area contributed by atoms with Crippen LogP contribution in [0.25, 0.3) is 22.3 Å². The molecule has 0 radical (unpaired) electrons. The van der Waals surface area contributed by atoms with E-state index in [-0.39, 0.29) is 0 Å². The molecule has 0 bridgehead atoms. The second-order valence-corrected chi connectivity index (χ2v) is 14.5. The molecule has 0 atom stereocenters. The molecule has 8 aromatic carbocycles. The van der Waals surface area contributed by atoms with Crippen molar-refractivity contribution in [3.8, 4) is 28.0 Å². The molecular weight excluding hydrogens is 681 g/mol. The van der Waals surface area contributed by atoms with Crippen LogP contribution in [0.3, 0.4) is 0 Å². The minimum Gasteiger partial charge on any atom is -0.462 e. The molecule has 9 rings (SSSR count). The Morgan fingerprint density at radius 2 is 1.05 bits per heavy atom. The van der Waals surface area contributed by atoms with Gasteiger partial charge in [-0.2, -0.15) is 0 Å². The van der Waals surface area contributed by atoms with E-state index in [1.54, 1.807) is 0 Å². The average molecular weight is 723 g/mol. The first-order chi connectivity index (χ1) is 27.5. The lowest BCUT2D eigenvalue weighted by Gasteiger charge is -2.35. The highest BCUT2D eigenvalue weighted by molar-refractivity contribution is 5.90. The van der Waals surface area contributed by atoms with Crippen molar-refractivity contribution < 1.29 is 4.74 Å². The van der Waals surface area contributed by atoms with E-state index in [2.05, 4.69) is 193 Å². The lowest BCUT2D eigenvalue weighted by atomic mass is 9.67. The van der Waals surface area contributed by atoms with Gasteiger partial charge in [0.15, 0.2) is 0 Å². The molecule has 270 valence electrons. The Labute approximate surface area is 329 Å². The quantitative estimate of drug-likeness (QED) is 0.113. The number of nitrogens with two attached hydrogens (primary N) is 1. The fraction of sp³-hybridized carbons (Fsp3) is 0.0566. The molecule has 1 aliphatic rings. The summed E-state index contributed by atoms with van der Waals surface area (Å²) in [7, 11) is 0. The normalized spacial score (nSPS) is 12.4. The molecule has 0 spiro atoms. The van der Waals surface area contributed by atoms with Gasteiger partial charge in [-0.3, -0.25) is 0 Å². The molecule has 0 amide bonds. The largest absolute Gasteiger partial charge is 0.462 e. The fourth-order valence-corrected chi connectivity index (χ4v) is 8.46. The van der Waals surface area contributed by atoms with E-state index in [0.29, 0.717) is 12.2 Å². The zero-order valence-corrected chi connectivity index (χ0v) is 31.4. The Balaban J connectivity index is 1.26. The van der Waals surface area contributed by atoms with Crippen molar-refractivity contribution in [1.82, 2.24) is 0 Å². The van der Waals surface area contributed by atoms with Gasteiger partial charge in [0, 0.05) is 35.2 Å². The molecular formula is C53H42N2O. The molecule has 0 saturated heterocycles. The molecule has 56 heavy (non-hydrogen) atoms. The van der Waals surface area contributed by atoms with Crippen LogP contribution in [0, 0.1) is 0 Å². The van der Waals surface area contributed by atoms with Crippen LogP contribution in [0.15, 0.2) is 213 Å². The van der Waals surface area contributed by atoms with Crippen LogP contribution in [0.5, 0.6) is 5.75 Å². The second kappa shape index (κ2) is 14.6. The van der Waals surface area contributed by atoms with E-state index in [4.69, 9.17) is 10.5 Å².